The third-order valence-electron chi connectivity index (χ3n) is 2.48. The highest BCUT2D eigenvalue weighted by atomic mass is 16.4. The second-order valence-electron chi connectivity index (χ2n) is 3.55. The third-order valence-corrected chi connectivity index (χ3v) is 2.48. The number of benzene rings is 1. The number of hydrogen-bond acceptors (Lipinski definition) is 1. The highest BCUT2D eigenvalue weighted by molar-refractivity contribution is 5.94. The quantitative estimate of drug-likeness (QED) is 0.833. The van der Waals surface area contributed by atoms with E-state index in [1.165, 1.54) is 0 Å². The molecular formula is C12H13NO2. The van der Waals surface area contributed by atoms with E-state index in [4.69, 9.17) is 5.11 Å². The summed E-state index contributed by atoms with van der Waals surface area (Å²) in [5.41, 5.74) is 1.37. The predicted octanol–water partition coefficient (Wildman–Crippen LogP) is 2.75. The third kappa shape index (κ3) is 1.61. The molecule has 1 aromatic heterocycles. The van der Waals surface area contributed by atoms with Crippen molar-refractivity contribution in [3.8, 4) is 0 Å². The van der Waals surface area contributed by atoms with Crippen molar-refractivity contribution in [2.75, 3.05) is 0 Å². The van der Waals surface area contributed by atoms with Crippen LogP contribution in [0.2, 0.25) is 0 Å². The molecule has 3 heteroatoms. The molecule has 1 aromatic carbocycles. The number of aromatic carboxylic acids is 1. The molecular weight excluding hydrogens is 190 g/mol. The zero-order valence-electron chi connectivity index (χ0n) is 8.60. The molecule has 78 valence electrons. The van der Waals surface area contributed by atoms with Crippen molar-refractivity contribution < 1.29 is 9.90 Å². The molecule has 0 spiro atoms. The Kier molecular flexibility index (Phi) is 2.46. The normalized spacial score (nSPS) is 10.7. The summed E-state index contributed by atoms with van der Waals surface area (Å²) in [5, 5.41) is 10.1. The molecule has 0 aliphatic carbocycles. The van der Waals surface area contributed by atoms with Gasteiger partial charge >= 0.3 is 5.97 Å². The van der Waals surface area contributed by atoms with Gasteiger partial charge in [-0.1, -0.05) is 25.1 Å². The Labute approximate surface area is 87.9 Å². The Morgan fingerprint density at radius 1 is 1.40 bits per heavy atom. The average molecular weight is 203 g/mol. The van der Waals surface area contributed by atoms with E-state index >= 15 is 0 Å². The van der Waals surface area contributed by atoms with E-state index < -0.39 is 5.97 Å². The Morgan fingerprint density at radius 3 is 2.80 bits per heavy atom. The Bertz CT molecular complexity index is 499. The molecule has 0 bridgehead atoms. The fourth-order valence-corrected chi connectivity index (χ4v) is 1.85. The first-order valence-corrected chi connectivity index (χ1v) is 5.05. The smallest absolute Gasteiger partial charge is 0.352 e. The second kappa shape index (κ2) is 3.77. The molecule has 0 amide bonds. The van der Waals surface area contributed by atoms with Crippen molar-refractivity contribution in [2.24, 2.45) is 0 Å². The van der Waals surface area contributed by atoms with Crippen LogP contribution in [0.1, 0.15) is 23.8 Å². The van der Waals surface area contributed by atoms with Gasteiger partial charge in [-0.3, -0.25) is 0 Å². The largest absolute Gasteiger partial charge is 0.477 e. The van der Waals surface area contributed by atoms with Crippen molar-refractivity contribution in [1.82, 2.24) is 4.57 Å². The maximum Gasteiger partial charge on any atom is 0.352 e. The standard InChI is InChI=1S/C12H13NO2/c1-2-7-13-10-6-4-3-5-9(10)8-11(13)12(14)15/h3-6,8H,2,7H2,1H3,(H,14,15). The summed E-state index contributed by atoms with van der Waals surface area (Å²) < 4.78 is 1.86. The number of carboxylic acids is 1. The maximum atomic E-state index is 11.0. The van der Waals surface area contributed by atoms with Crippen molar-refractivity contribution in [1.29, 1.82) is 0 Å². The van der Waals surface area contributed by atoms with Gasteiger partial charge < -0.3 is 9.67 Å². The first-order chi connectivity index (χ1) is 7.24. The number of aryl methyl sites for hydroxylation is 1. The molecule has 0 aliphatic rings. The molecule has 0 radical (unpaired) electrons. The summed E-state index contributed by atoms with van der Waals surface area (Å²) in [6.07, 6.45) is 0.930. The first-order valence-electron chi connectivity index (χ1n) is 5.05. The summed E-state index contributed by atoms with van der Waals surface area (Å²) in [4.78, 5) is 11.0. The van der Waals surface area contributed by atoms with Crippen LogP contribution in [0.3, 0.4) is 0 Å². The minimum absolute atomic E-state index is 0.373. The lowest BCUT2D eigenvalue weighted by Crippen LogP contribution is -2.07. The van der Waals surface area contributed by atoms with Gasteiger partial charge in [0, 0.05) is 17.4 Å². The lowest BCUT2D eigenvalue weighted by molar-refractivity contribution is 0.0685. The van der Waals surface area contributed by atoms with Crippen LogP contribution in [-0.2, 0) is 6.54 Å². The van der Waals surface area contributed by atoms with E-state index in [2.05, 4.69) is 0 Å². The average Bonchev–Trinajstić information content (AvgIpc) is 2.58. The molecule has 0 aliphatic heterocycles. The van der Waals surface area contributed by atoms with Gasteiger partial charge in [0.25, 0.3) is 0 Å². The van der Waals surface area contributed by atoms with Gasteiger partial charge in [0.2, 0.25) is 0 Å². The molecule has 2 aromatic rings. The molecule has 2 rings (SSSR count). The van der Waals surface area contributed by atoms with Gasteiger partial charge in [0.1, 0.15) is 5.69 Å². The number of para-hydroxylation sites is 1. The van der Waals surface area contributed by atoms with Gasteiger partial charge in [-0.25, -0.2) is 4.79 Å². The van der Waals surface area contributed by atoms with Crippen LogP contribution in [0.4, 0.5) is 0 Å². The number of nitrogens with zero attached hydrogens (tertiary/aromatic N) is 1. The van der Waals surface area contributed by atoms with Gasteiger partial charge in [0.05, 0.1) is 0 Å². The number of carboxylic acid groups (broad SMARTS) is 1. The minimum atomic E-state index is -0.861. The Hall–Kier alpha value is -1.77. The number of hydrogen-bond donors (Lipinski definition) is 1. The highest BCUT2D eigenvalue weighted by Crippen LogP contribution is 2.20. The molecule has 0 fully saturated rings. The van der Waals surface area contributed by atoms with E-state index in [0.717, 1.165) is 23.9 Å². The van der Waals surface area contributed by atoms with Crippen molar-refractivity contribution in [3.63, 3.8) is 0 Å². The molecule has 15 heavy (non-hydrogen) atoms. The Morgan fingerprint density at radius 2 is 2.13 bits per heavy atom. The van der Waals surface area contributed by atoms with Crippen LogP contribution in [0.25, 0.3) is 10.9 Å². The summed E-state index contributed by atoms with van der Waals surface area (Å²) >= 11 is 0. The van der Waals surface area contributed by atoms with E-state index in [0.29, 0.717) is 5.69 Å². The molecule has 1 N–H and O–H groups in total. The fraction of sp³-hybridized carbons (Fsp3) is 0.250. The zero-order valence-corrected chi connectivity index (χ0v) is 8.60. The Balaban J connectivity index is 2.68. The monoisotopic (exact) mass is 203 g/mol. The van der Waals surface area contributed by atoms with Gasteiger partial charge in [-0.15, -0.1) is 0 Å². The van der Waals surface area contributed by atoms with Crippen LogP contribution < -0.4 is 0 Å². The SMILES string of the molecule is CCCn1c(C(=O)O)cc2ccccc21. The van der Waals surface area contributed by atoms with Crippen LogP contribution in [-0.4, -0.2) is 15.6 Å². The van der Waals surface area contributed by atoms with E-state index in [1.54, 1.807) is 6.07 Å². The molecule has 0 saturated carbocycles. The number of rotatable bonds is 3. The van der Waals surface area contributed by atoms with Crippen molar-refractivity contribution >= 4 is 16.9 Å². The summed E-state index contributed by atoms with van der Waals surface area (Å²) in [6, 6.07) is 9.48. The molecule has 0 saturated heterocycles. The summed E-state index contributed by atoms with van der Waals surface area (Å²) in [7, 11) is 0. The highest BCUT2D eigenvalue weighted by Gasteiger charge is 2.12. The lowest BCUT2D eigenvalue weighted by atomic mass is 10.2. The molecule has 0 unspecified atom stereocenters. The summed E-state index contributed by atoms with van der Waals surface area (Å²) in [5.74, 6) is -0.861. The molecule has 0 atom stereocenters. The zero-order chi connectivity index (χ0) is 10.8. The molecule has 1 heterocycles. The van der Waals surface area contributed by atoms with Crippen LogP contribution in [0.5, 0.6) is 0 Å². The van der Waals surface area contributed by atoms with Crippen molar-refractivity contribution in [2.45, 2.75) is 19.9 Å². The van der Waals surface area contributed by atoms with Crippen LogP contribution in [0.15, 0.2) is 30.3 Å². The van der Waals surface area contributed by atoms with Gasteiger partial charge in [0.15, 0.2) is 0 Å². The van der Waals surface area contributed by atoms with Crippen LogP contribution in [0, 0.1) is 0 Å². The van der Waals surface area contributed by atoms with Crippen LogP contribution >= 0.6 is 0 Å². The van der Waals surface area contributed by atoms with E-state index in [1.807, 2.05) is 35.8 Å². The predicted molar refractivity (Wildman–Crippen MR) is 59.2 cm³/mol. The van der Waals surface area contributed by atoms with E-state index in [9.17, 15) is 4.79 Å². The fourth-order valence-electron chi connectivity index (χ4n) is 1.85. The lowest BCUT2D eigenvalue weighted by Gasteiger charge is -2.05. The topological polar surface area (TPSA) is 42.2 Å². The van der Waals surface area contributed by atoms with E-state index in [-0.39, 0.29) is 0 Å². The summed E-state index contributed by atoms with van der Waals surface area (Å²) in [6.45, 7) is 2.79. The maximum absolute atomic E-state index is 11.0. The van der Waals surface area contributed by atoms with Gasteiger partial charge in [-0.2, -0.15) is 0 Å². The molecule has 3 nitrogen and oxygen atoms in total. The first kappa shape index (κ1) is 9.77. The minimum Gasteiger partial charge on any atom is -0.477 e. The number of aromatic nitrogens is 1. The van der Waals surface area contributed by atoms with Gasteiger partial charge in [-0.05, 0) is 18.6 Å². The number of fused-ring (bicyclic) bond motifs is 1. The van der Waals surface area contributed by atoms with Crippen molar-refractivity contribution in [3.05, 3.63) is 36.0 Å². The number of carbonyl (C=O) groups is 1. The second-order valence-corrected chi connectivity index (χ2v) is 3.55.